The first-order chi connectivity index (χ1) is 10.1. The molecule has 1 saturated heterocycles. The van der Waals surface area contributed by atoms with Crippen LogP contribution >= 0.6 is 24.0 Å². The van der Waals surface area contributed by atoms with Crippen molar-refractivity contribution in [2.75, 3.05) is 4.90 Å². The van der Waals surface area contributed by atoms with Gasteiger partial charge >= 0.3 is 0 Å². The molecule has 0 spiro atoms. The minimum absolute atomic E-state index is 0.225. The van der Waals surface area contributed by atoms with E-state index >= 15 is 0 Å². The van der Waals surface area contributed by atoms with Gasteiger partial charge in [-0.2, -0.15) is 0 Å². The molecule has 3 rings (SSSR count). The van der Waals surface area contributed by atoms with E-state index in [4.69, 9.17) is 12.2 Å². The number of halogens is 1. The van der Waals surface area contributed by atoms with Gasteiger partial charge in [-0.15, -0.1) is 0 Å². The van der Waals surface area contributed by atoms with Crippen molar-refractivity contribution in [3.63, 3.8) is 0 Å². The molecule has 0 bridgehead atoms. The Morgan fingerprint density at radius 2 is 2.10 bits per heavy atom. The zero-order chi connectivity index (χ0) is 15.0. The van der Waals surface area contributed by atoms with E-state index < -0.39 is 5.82 Å². The van der Waals surface area contributed by atoms with Gasteiger partial charge in [-0.1, -0.05) is 30.0 Å². The Kier molecular flexibility index (Phi) is 3.65. The van der Waals surface area contributed by atoms with Crippen molar-refractivity contribution in [2.45, 2.75) is 0 Å². The molecule has 0 unspecified atom stereocenters. The smallest absolute Gasteiger partial charge is 0.270 e. The summed E-state index contributed by atoms with van der Waals surface area (Å²) in [6, 6.07) is 9.68. The molecular weight excluding hydrogens is 307 g/mol. The number of hydrogen-bond donors (Lipinski definition) is 0. The van der Waals surface area contributed by atoms with Gasteiger partial charge in [0.15, 0.2) is 4.32 Å². The Balaban J connectivity index is 1.96. The van der Waals surface area contributed by atoms with Crippen molar-refractivity contribution < 1.29 is 9.18 Å². The molecule has 1 aromatic heterocycles. The number of amides is 1. The second-order valence-corrected chi connectivity index (χ2v) is 6.22. The van der Waals surface area contributed by atoms with E-state index in [1.165, 1.54) is 28.8 Å². The molecule has 1 aliphatic rings. The highest BCUT2D eigenvalue weighted by molar-refractivity contribution is 8.27. The van der Waals surface area contributed by atoms with Crippen molar-refractivity contribution >= 4 is 46.0 Å². The van der Waals surface area contributed by atoms with Crippen LogP contribution in [0.2, 0.25) is 0 Å². The predicted molar refractivity (Wildman–Crippen MR) is 87.5 cm³/mol. The van der Waals surface area contributed by atoms with Gasteiger partial charge < -0.3 is 4.57 Å². The van der Waals surface area contributed by atoms with E-state index in [-0.39, 0.29) is 5.91 Å². The number of thiocarbonyl (C=S) groups is 1. The van der Waals surface area contributed by atoms with E-state index in [2.05, 4.69) is 0 Å². The van der Waals surface area contributed by atoms with Crippen LogP contribution in [0.3, 0.4) is 0 Å². The van der Waals surface area contributed by atoms with Crippen LogP contribution in [0, 0.1) is 5.82 Å². The summed E-state index contributed by atoms with van der Waals surface area (Å²) >= 11 is 6.47. The maximum Gasteiger partial charge on any atom is 0.270 e. The molecule has 0 saturated carbocycles. The number of nitrogens with zero attached hydrogens (tertiary/aromatic N) is 2. The Bertz CT molecular complexity index is 767. The average molecular weight is 318 g/mol. The normalized spacial score (nSPS) is 17.0. The summed E-state index contributed by atoms with van der Waals surface area (Å²) in [6.07, 6.45) is 3.69. The molecule has 0 aliphatic carbocycles. The van der Waals surface area contributed by atoms with Gasteiger partial charge in [0.25, 0.3) is 5.91 Å². The number of hydrogen-bond acceptors (Lipinski definition) is 3. The first kappa shape index (κ1) is 14.0. The van der Waals surface area contributed by atoms with Crippen molar-refractivity contribution in [1.82, 2.24) is 4.57 Å². The van der Waals surface area contributed by atoms with Crippen LogP contribution in [0.15, 0.2) is 47.5 Å². The van der Waals surface area contributed by atoms with Crippen molar-refractivity contribution in [3.05, 3.63) is 59.0 Å². The average Bonchev–Trinajstić information content (AvgIpc) is 2.95. The van der Waals surface area contributed by atoms with Crippen LogP contribution < -0.4 is 4.90 Å². The number of thioether (sulfide) groups is 1. The Labute approximate surface area is 131 Å². The number of aromatic nitrogens is 1. The summed E-state index contributed by atoms with van der Waals surface area (Å²) in [4.78, 5) is 14.4. The lowest BCUT2D eigenvalue weighted by Crippen LogP contribution is -2.27. The van der Waals surface area contributed by atoms with Crippen molar-refractivity contribution in [3.8, 4) is 0 Å². The highest BCUT2D eigenvalue weighted by atomic mass is 32.2. The lowest BCUT2D eigenvalue weighted by molar-refractivity contribution is -0.113. The minimum atomic E-state index is -0.395. The minimum Gasteiger partial charge on any atom is -0.351 e. The summed E-state index contributed by atoms with van der Waals surface area (Å²) in [5, 5.41) is 0. The number of rotatable bonds is 2. The third kappa shape index (κ3) is 2.64. The van der Waals surface area contributed by atoms with E-state index in [9.17, 15) is 9.18 Å². The number of aryl methyl sites for hydroxylation is 1. The molecule has 6 heteroatoms. The molecule has 2 aromatic rings. The molecule has 1 aliphatic heterocycles. The van der Waals surface area contributed by atoms with Crippen LogP contribution in [0.25, 0.3) is 6.08 Å². The molecule has 0 N–H and O–H groups in total. The van der Waals surface area contributed by atoms with Crippen LogP contribution in [0.1, 0.15) is 5.69 Å². The van der Waals surface area contributed by atoms with Crippen molar-refractivity contribution in [2.24, 2.45) is 7.05 Å². The number of benzene rings is 1. The van der Waals surface area contributed by atoms with Gasteiger partial charge in [-0.05, 0) is 36.4 Å². The topological polar surface area (TPSA) is 25.2 Å². The molecule has 0 atom stereocenters. The van der Waals surface area contributed by atoms with Gasteiger partial charge in [-0.3, -0.25) is 9.69 Å². The highest BCUT2D eigenvalue weighted by Gasteiger charge is 2.33. The fourth-order valence-electron chi connectivity index (χ4n) is 2.06. The van der Waals surface area contributed by atoms with Gasteiger partial charge in [0.1, 0.15) is 5.82 Å². The van der Waals surface area contributed by atoms with Crippen LogP contribution in [0.5, 0.6) is 0 Å². The first-order valence-corrected chi connectivity index (χ1v) is 7.43. The second kappa shape index (κ2) is 5.46. The SMILES string of the molecule is Cn1cccc1/C=C1/SC(=S)N(c2cccc(F)c2)C1=O. The summed E-state index contributed by atoms with van der Waals surface area (Å²) in [5.74, 6) is -0.621. The molecule has 1 fully saturated rings. The summed E-state index contributed by atoms with van der Waals surface area (Å²) in [7, 11) is 1.90. The Morgan fingerprint density at radius 3 is 2.76 bits per heavy atom. The molecule has 106 valence electrons. The van der Waals surface area contributed by atoms with E-state index in [0.29, 0.717) is 14.9 Å². The highest BCUT2D eigenvalue weighted by Crippen LogP contribution is 2.36. The van der Waals surface area contributed by atoms with Gasteiger partial charge in [0.05, 0.1) is 10.6 Å². The largest absolute Gasteiger partial charge is 0.351 e. The Hall–Kier alpha value is -1.92. The lowest BCUT2D eigenvalue weighted by Gasteiger charge is -2.14. The van der Waals surface area contributed by atoms with E-state index in [1.807, 2.05) is 29.9 Å². The van der Waals surface area contributed by atoms with Crippen LogP contribution in [-0.2, 0) is 11.8 Å². The fourth-order valence-corrected chi connectivity index (χ4v) is 3.35. The van der Waals surface area contributed by atoms with Gasteiger partial charge in [-0.25, -0.2) is 4.39 Å². The summed E-state index contributed by atoms with van der Waals surface area (Å²) in [5.41, 5.74) is 1.36. The molecular formula is C15H11FN2OS2. The summed E-state index contributed by atoms with van der Waals surface area (Å²) in [6.45, 7) is 0. The van der Waals surface area contributed by atoms with Crippen molar-refractivity contribution in [1.29, 1.82) is 0 Å². The quantitative estimate of drug-likeness (QED) is 0.625. The standard InChI is InChI=1S/C15H11FN2OS2/c1-17-7-3-6-11(17)9-13-14(19)18(15(20)21-13)12-5-2-4-10(16)8-12/h2-9H,1H3/b13-9+. The number of carbonyl (C=O) groups excluding carboxylic acids is 1. The van der Waals surface area contributed by atoms with Crippen LogP contribution in [-0.4, -0.2) is 14.8 Å². The third-order valence-electron chi connectivity index (χ3n) is 3.12. The van der Waals surface area contributed by atoms with Crippen LogP contribution in [0.4, 0.5) is 10.1 Å². The fraction of sp³-hybridized carbons (Fsp3) is 0.0667. The van der Waals surface area contributed by atoms with E-state index in [1.54, 1.807) is 18.2 Å². The van der Waals surface area contributed by atoms with E-state index in [0.717, 1.165) is 5.69 Å². The predicted octanol–water partition coefficient (Wildman–Crippen LogP) is 3.57. The Morgan fingerprint density at radius 1 is 1.29 bits per heavy atom. The molecule has 2 heterocycles. The third-order valence-corrected chi connectivity index (χ3v) is 4.43. The number of anilines is 1. The maximum atomic E-state index is 13.3. The number of carbonyl (C=O) groups is 1. The van der Waals surface area contributed by atoms with Gasteiger partial charge in [0.2, 0.25) is 0 Å². The summed E-state index contributed by atoms with van der Waals surface area (Å²) < 4.78 is 15.6. The van der Waals surface area contributed by atoms with Gasteiger partial charge in [0, 0.05) is 18.9 Å². The molecule has 3 nitrogen and oxygen atoms in total. The molecule has 0 radical (unpaired) electrons. The first-order valence-electron chi connectivity index (χ1n) is 6.21. The molecule has 1 aromatic carbocycles. The lowest BCUT2D eigenvalue weighted by atomic mass is 10.2. The second-order valence-electron chi connectivity index (χ2n) is 4.54. The molecule has 1 amide bonds. The zero-order valence-corrected chi connectivity index (χ0v) is 12.7. The molecule has 21 heavy (non-hydrogen) atoms. The zero-order valence-electron chi connectivity index (χ0n) is 11.1. The maximum absolute atomic E-state index is 13.3. The monoisotopic (exact) mass is 318 g/mol.